The molecule has 0 saturated carbocycles. The third-order valence-corrected chi connectivity index (χ3v) is 4.18. The molecule has 23 heavy (non-hydrogen) atoms. The average molecular weight is 322 g/mol. The summed E-state index contributed by atoms with van der Waals surface area (Å²) in [5, 5.41) is 3.39. The van der Waals surface area contributed by atoms with E-state index in [9.17, 15) is 0 Å². The molecule has 1 aliphatic heterocycles. The molecule has 0 radical (unpaired) electrons. The number of ether oxygens (including phenoxy) is 3. The summed E-state index contributed by atoms with van der Waals surface area (Å²) in [4.78, 5) is 2.44. The van der Waals surface area contributed by atoms with Crippen molar-refractivity contribution >= 4 is 0 Å². The van der Waals surface area contributed by atoms with Crippen LogP contribution in [-0.4, -0.2) is 51.9 Å². The van der Waals surface area contributed by atoms with E-state index < -0.39 is 0 Å². The Morgan fingerprint density at radius 3 is 2.48 bits per heavy atom. The van der Waals surface area contributed by atoms with E-state index in [1.165, 1.54) is 18.4 Å². The van der Waals surface area contributed by atoms with Crippen LogP contribution >= 0.6 is 0 Å². The second-order valence-electron chi connectivity index (χ2n) is 5.87. The minimum atomic E-state index is 0.705. The number of benzene rings is 1. The van der Waals surface area contributed by atoms with Gasteiger partial charge in [-0.3, -0.25) is 4.90 Å². The van der Waals surface area contributed by atoms with Crippen LogP contribution in [0.2, 0.25) is 0 Å². The molecule has 5 nitrogen and oxygen atoms in total. The molecule has 1 fully saturated rings. The molecule has 0 spiro atoms. The Balaban J connectivity index is 2.16. The normalized spacial score (nSPS) is 15.4. The molecule has 1 aliphatic rings. The molecule has 130 valence electrons. The first-order chi connectivity index (χ1) is 11.3. The van der Waals surface area contributed by atoms with Crippen LogP contribution in [-0.2, 0) is 6.54 Å². The number of methoxy groups -OCH3 is 2. The van der Waals surface area contributed by atoms with Crippen molar-refractivity contribution in [3.63, 3.8) is 0 Å². The fraction of sp³-hybridized carbons (Fsp3) is 0.667. The van der Waals surface area contributed by atoms with Gasteiger partial charge in [0, 0.05) is 38.3 Å². The molecule has 1 N–H and O–H groups in total. The zero-order chi connectivity index (χ0) is 16.5. The van der Waals surface area contributed by atoms with Crippen molar-refractivity contribution in [2.24, 2.45) is 0 Å². The number of piperazine rings is 1. The van der Waals surface area contributed by atoms with E-state index in [4.69, 9.17) is 14.2 Å². The Labute approximate surface area is 139 Å². The fourth-order valence-corrected chi connectivity index (χ4v) is 2.86. The zero-order valence-electron chi connectivity index (χ0n) is 14.7. The standard InChI is InChI=1S/C18H30N2O3/c1-4-5-6-13-23-17-15(14-20-11-9-19-10-12-20)7-8-16(21-2)18(17)22-3/h7-8,19H,4-6,9-14H2,1-3H3. The Bertz CT molecular complexity index is 474. The number of unbranched alkanes of at least 4 members (excludes halogenated alkanes) is 2. The molecule has 1 aromatic carbocycles. The molecule has 0 aromatic heterocycles. The maximum Gasteiger partial charge on any atom is 0.203 e. The minimum absolute atomic E-state index is 0.705. The molecule has 2 rings (SSSR count). The third-order valence-electron chi connectivity index (χ3n) is 4.18. The highest BCUT2D eigenvalue weighted by Gasteiger charge is 2.19. The number of rotatable bonds is 9. The van der Waals surface area contributed by atoms with E-state index in [0.717, 1.165) is 50.6 Å². The van der Waals surface area contributed by atoms with Crippen LogP contribution in [0.15, 0.2) is 12.1 Å². The topological polar surface area (TPSA) is 43.0 Å². The Morgan fingerprint density at radius 2 is 1.83 bits per heavy atom. The van der Waals surface area contributed by atoms with Crippen LogP contribution in [0, 0.1) is 0 Å². The van der Waals surface area contributed by atoms with Crippen molar-refractivity contribution in [1.82, 2.24) is 10.2 Å². The summed E-state index contributed by atoms with van der Waals surface area (Å²) in [5.41, 5.74) is 1.17. The van der Waals surface area contributed by atoms with Crippen LogP contribution in [0.4, 0.5) is 0 Å². The molecule has 0 bridgehead atoms. The maximum absolute atomic E-state index is 6.10. The molecule has 1 heterocycles. The molecule has 1 aromatic rings. The van der Waals surface area contributed by atoms with Crippen LogP contribution < -0.4 is 19.5 Å². The zero-order valence-corrected chi connectivity index (χ0v) is 14.7. The van der Waals surface area contributed by atoms with Crippen LogP contribution in [0.5, 0.6) is 17.2 Å². The van der Waals surface area contributed by atoms with Crippen molar-refractivity contribution in [3.8, 4) is 17.2 Å². The lowest BCUT2D eigenvalue weighted by Gasteiger charge is -2.28. The first-order valence-corrected chi connectivity index (χ1v) is 8.59. The average Bonchev–Trinajstić information content (AvgIpc) is 2.60. The summed E-state index contributed by atoms with van der Waals surface area (Å²) in [6.07, 6.45) is 3.43. The summed E-state index contributed by atoms with van der Waals surface area (Å²) in [6.45, 7) is 7.99. The molecule has 1 saturated heterocycles. The van der Waals surface area contributed by atoms with Gasteiger partial charge in [0.1, 0.15) is 0 Å². The van der Waals surface area contributed by atoms with E-state index in [2.05, 4.69) is 23.2 Å². The lowest BCUT2D eigenvalue weighted by Crippen LogP contribution is -2.42. The van der Waals surface area contributed by atoms with Crippen LogP contribution in [0.25, 0.3) is 0 Å². The van der Waals surface area contributed by atoms with Gasteiger partial charge in [-0.2, -0.15) is 0 Å². The Morgan fingerprint density at radius 1 is 1.04 bits per heavy atom. The van der Waals surface area contributed by atoms with Gasteiger partial charge in [-0.05, 0) is 12.5 Å². The van der Waals surface area contributed by atoms with Crippen LogP contribution in [0.3, 0.4) is 0 Å². The molecule has 5 heteroatoms. The van der Waals surface area contributed by atoms with Crippen molar-refractivity contribution in [2.75, 3.05) is 47.0 Å². The number of hydrogen-bond donors (Lipinski definition) is 1. The SMILES string of the molecule is CCCCCOc1c(CN2CCNCC2)ccc(OC)c1OC. The molecule has 0 atom stereocenters. The van der Waals surface area contributed by atoms with E-state index in [-0.39, 0.29) is 0 Å². The van der Waals surface area contributed by atoms with Crippen LogP contribution in [0.1, 0.15) is 31.7 Å². The lowest BCUT2D eigenvalue weighted by atomic mass is 10.1. The van der Waals surface area contributed by atoms with Gasteiger partial charge in [0.05, 0.1) is 20.8 Å². The molecule has 0 aliphatic carbocycles. The first-order valence-electron chi connectivity index (χ1n) is 8.59. The Kier molecular flexibility index (Phi) is 7.49. The molecule has 0 amide bonds. The highest BCUT2D eigenvalue weighted by atomic mass is 16.5. The first kappa shape index (κ1) is 17.9. The molecular weight excluding hydrogens is 292 g/mol. The monoisotopic (exact) mass is 322 g/mol. The van der Waals surface area contributed by atoms with E-state index in [0.29, 0.717) is 12.4 Å². The minimum Gasteiger partial charge on any atom is -0.493 e. The quantitative estimate of drug-likeness (QED) is 0.708. The van der Waals surface area contributed by atoms with Crippen molar-refractivity contribution in [1.29, 1.82) is 0 Å². The van der Waals surface area contributed by atoms with Gasteiger partial charge >= 0.3 is 0 Å². The Hall–Kier alpha value is -1.46. The van der Waals surface area contributed by atoms with Gasteiger partial charge in [-0.1, -0.05) is 25.8 Å². The fourth-order valence-electron chi connectivity index (χ4n) is 2.86. The second-order valence-corrected chi connectivity index (χ2v) is 5.87. The number of nitrogens with zero attached hydrogens (tertiary/aromatic N) is 1. The molecule has 0 unspecified atom stereocenters. The second kappa shape index (κ2) is 9.63. The van der Waals surface area contributed by atoms with Gasteiger partial charge < -0.3 is 19.5 Å². The summed E-state index contributed by atoms with van der Waals surface area (Å²) in [7, 11) is 3.33. The lowest BCUT2D eigenvalue weighted by molar-refractivity contribution is 0.223. The van der Waals surface area contributed by atoms with Crippen molar-refractivity contribution in [2.45, 2.75) is 32.7 Å². The van der Waals surface area contributed by atoms with E-state index >= 15 is 0 Å². The van der Waals surface area contributed by atoms with Crippen molar-refractivity contribution < 1.29 is 14.2 Å². The summed E-state index contributed by atoms with van der Waals surface area (Å²) in [5.74, 6) is 2.26. The summed E-state index contributed by atoms with van der Waals surface area (Å²) < 4.78 is 17.1. The predicted molar refractivity (Wildman–Crippen MR) is 92.7 cm³/mol. The largest absolute Gasteiger partial charge is 0.493 e. The number of hydrogen-bond acceptors (Lipinski definition) is 5. The van der Waals surface area contributed by atoms with Gasteiger partial charge in [0.15, 0.2) is 11.5 Å². The van der Waals surface area contributed by atoms with Gasteiger partial charge in [0.2, 0.25) is 5.75 Å². The summed E-state index contributed by atoms with van der Waals surface area (Å²) in [6, 6.07) is 4.06. The van der Waals surface area contributed by atoms with Crippen molar-refractivity contribution in [3.05, 3.63) is 17.7 Å². The van der Waals surface area contributed by atoms with Gasteiger partial charge in [-0.15, -0.1) is 0 Å². The van der Waals surface area contributed by atoms with Gasteiger partial charge in [-0.25, -0.2) is 0 Å². The van der Waals surface area contributed by atoms with Gasteiger partial charge in [0.25, 0.3) is 0 Å². The highest BCUT2D eigenvalue weighted by Crippen LogP contribution is 2.40. The maximum atomic E-state index is 6.10. The third kappa shape index (κ3) is 5.01. The van der Waals surface area contributed by atoms with E-state index in [1.54, 1.807) is 14.2 Å². The molecular formula is C18H30N2O3. The smallest absolute Gasteiger partial charge is 0.203 e. The van der Waals surface area contributed by atoms with E-state index in [1.807, 2.05) is 6.07 Å². The highest BCUT2D eigenvalue weighted by molar-refractivity contribution is 5.55. The predicted octanol–water partition coefficient (Wildman–Crippen LogP) is 2.68. The summed E-state index contributed by atoms with van der Waals surface area (Å²) >= 11 is 0. The number of nitrogens with one attached hydrogen (secondary N) is 1.